The van der Waals surface area contributed by atoms with E-state index in [4.69, 9.17) is 0 Å². The van der Waals surface area contributed by atoms with Crippen LogP contribution in [0.5, 0.6) is 0 Å². The Morgan fingerprint density at radius 3 is 2.95 bits per heavy atom. The van der Waals surface area contributed by atoms with Gasteiger partial charge in [-0.2, -0.15) is 0 Å². The number of piperidine rings is 1. The van der Waals surface area contributed by atoms with Crippen LogP contribution >= 0.6 is 0 Å². The van der Waals surface area contributed by atoms with Gasteiger partial charge in [-0.15, -0.1) is 0 Å². The van der Waals surface area contributed by atoms with Crippen LogP contribution in [-0.2, 0) is 13.0 Å². The predicted octanol–water partition coefficient (Wildman–Crippen LogP) is 3.35. The van der Waals surface area contributed by atoms with Crippen LogP contribution in [0.25, 0.3) is 10.9 Å². The summed E-state index contributed by atoms with van der Waals surface area (Å²) in [7, 11) is 0. The molecular weight excluding hydrogens is 232 g/mol. The Hall–Kier alpha value is -1.28. The van der Waals surface area contributed by atoms with Gasteiger partial charge in [-0.05, 0) is 49.8 Å². The van der Waals surface area contributed by atoms with Gasteiger partial charge in [0.1, 0.15) is 0 Å². The van der Waals surface area contributed by atoms with Gasteiger partial charge in [0, 0.05) is 29.7 Å². The summed E-state index contributed by atoms with van der Waals surface area (Å²) in [5.41, 5.74) is 4.84. The summed E-state index contributed by atoms with van der Waals surface area (Å²) in [6, 6.07) is 9.79. The molecule has 98 valence electrons. The first kappa shape index (κ1) is 10.5. The summed E-state index contributed by atoms with van der Waals surface area (Å²) >= 11 is 0. The minimum atomic E-state index is 0.735. The molecule has 0 unspecified atom stereocenters. The zero-order valence-corrected chi connectivity index (χ0v) is 11.3. The maximum absolute atomic E-state index is 2.77. The van der Waals surface area contributed by atoms with E-state index in [0.29, 0.717) is 0 Å². The quantitative estimate of drug-likeness (QED) is 0.698. The minimum absolute atomic E-state index is 0.735. The van der Waals surface area contributed by atoms with E-state index in [9.17, 15) is 0 Å². The number of nitrogens with zero attached hydrogens (tertiary/aromatic N) is 2. The van der Waals surface area contributed by atoms with Crippen molar-refractivity contribution >= 4 is 10.9 Å². The second kappa shape index (κ2) is 3.63. The summed E-state index contributed by atoms with van der Waals surface area (Å²) in [5.74, 6) is 0.921. The predicted molar refractivity (Wildman–Crippen MR) is 77.3 cm³/mol. The molecule has 1 aromatic heterocycles. The molecule has 0 amide bonds. The lowest BCUT2D eigenvalue weighted by Gasteiger charge is -2.47. The number of fused-ring (bicyclic) bond motifs is 3. The van der Waals surface area contributed by atoms with Gasteiger partial charge in [-0.3, -0.25) is 4.90 Å². The van der Waals surface area contributed by atoms with Crippen molar-refractivity contribution < 1.29 is 0 Å². The second-order valence-electron chi connectivity index (χ2n) is 6.45. The molecule has 1 aromatic carbocycles. The lowest BCUT2D eigenvalue weighted by Crippen LogP contribution is -2.46. The third kappa shape index (κ3) is 1.26. The summed E-state index contributed by atoms with van der Waals surface area (Å²) in [5, 5.41) is 1.53. The summed E-state index contributed by atoms with van der Waals surface area (Å²) in [6.07, 6.45) is 5.50. The molecule has 2 aromatic rings. The molecule has 2 nitrogen and oxygen atoms in total. The van der Waals surface area contributed by atoms with Crippen LogP contribution in [0.3, 0.4) is 0 Å². The zero-order chi connectivity index (χ0) is 12.4. The van der Waals surface area contributed by atoms with Gasteiger partial charge in [0.2, 0.25) is 0 Å². The third-order valence-corrected chi connectivity index (χ3v) is 5.63. The number of hydrogen-bond acceptors (Lipinski definition) is 1. The van der Waals surface area contributed by atoms with E-state index in [0.717, 1.165) is 12.0 Å². The number of aryl methyl sites for hydroxylation is 1. The van der Waals surface area contributed by atoms with Crippen molar-refractivity contribution in [2.45, 2.75) is 38.3 Å². The Morgan fingerprint density at radius 1 is 1.00 bits per heavy atom. The molecule has 0 saturated carbocycles. The standard InChI is InChI=1S/C17H20N2/c1-2-6-15-13(5-1)14-8-10-18-9-3-4-12-7-11-19(15)17(14)16(12)18/h1-2,5-6,12,16H,3-4,7-11H2/t12-,16+/m1/s1. The van der Waals surface area contributed by atoms with Gasteiger partial charge in [0.25, 0.3) is 0 Å². The van der Waals surface area contributed by atoms with Crippen LogP contribution in [0.4, 0.5) is 0 Å². The molecule has 3 aliphatic heterocycles. The van der Waals surface area contributed by atoms with E-state index >= 15 is 0 Å². The highest BCUT2D eigenvalue weighted by atomic mass is 15.2. The number of rotatable bonds is 0. The van der Waals surface area contributed by atoms with Crippen LogP contribution in [0.1, 0.15) is 36.6 Å². The van der Waals surface area contributed by atoms with Crippen LogP contribution < -0.4 is 0 Å². The Bertz CT molecular complexity index is 602. The molecule has 2 heteroatoms. The fourth-order valence-electron chi connectivity index (χ4n) is 4.89. The molecule has 0 N–H and O–H groups in total. The fourth-order valence-corrected chi connectivity index (χ4v) is 4.89. The highest BCUT2D eigenvalue weighted by Crippen LogP contribution is 2.48. The largest absolute Gasteiger partial charge is 0.343 e. The number of para-hydroxylation sites is 1. The highest BCUT2D eigenvalue weighted by Gasteiger charge is 2.41. The molecule has 5 rings (SSSR count). The first-order valence-corrected chi connectivity index (χ1v) is 7.77. The summed E-state index contributed by atoms with van der Waals surface area (Å²) in [4.78, 5) is 2.77. The smallest absolute Gasteiger partial charge is 0.0532 e. The van der Waals surface area contributed by atoms with Gasteiger partial charge in [0.05, 0.1) is 6.04 Å². The lowest BCUT2D eigenvalue weighted by molar-refractivity contribution is 0.0577. The fraction of sp³-hybridized carbons (Fsp3) is 0.529. The molecule has 0 bridgehead atoms. The Morgan fingerprint density at radius 2 is 1.95 bits per heavy atom. The van der Waals surface area contributed by atoms with Crippen LogP contribution in [0.2, 0.25) is 0 Å². The van der Waals surface area contributed by atoms with Crippen LogP contribution in [0, 0.1) is 5.92 Å². The van der Waals surface area contributed by atoms with E-state index in [1.165, 1.54) is 56.2 Å². The Balaban J connectivity index is 1.83. The second-order valence-corrected chi connectivity index (χ2v) is 6.45. The molecule has 0 spiro atoms. The average Bonchev–Trinajstić information content (AvgIpc) is 2.81. The van der Waals surface area contributed by atoms with E-state index < -0.39 is 0 Å². The highest BCUT2D eigenvalue weighted by molar-refractivity contribution is 5.86. The monoisotopic (exact) mass is 252 g/mol. The number of hydrogen-bond donors (Lipinski definition) is 0. The maximum Gasteiger partial charge on any atom is 0.0532 e. The van der Waals surface area contributed by atoms with E-state index in [1.54, 1.807) is 11.3 Å². The Labute approximate surface area is 114 Å². The van der Waals surface area contributed by atoms with Gasteiger partial charge in [0.15, 0.2) is 0 Å². The van der Waals surface area contributed by atoms with Crippen molar-refractivity contribution in [2.75, 3.05) is 13.1 Å². The first-order valence-electron chi connectivity index (χ1n) is 7.77. The first-order chi connectivity index (χ1) is 9.43. The van der Waals surface area contributed by atoms with Crippen molar-refractivity contribution in [2.24, 2.45) is 5.92 Å². The Kier molecular flexibility index (Phi) is 2.01. The van der Waals surface area contributed by atoms with E-state index in [-0.39, 0.29) is 0 Å². The molecule has 1 saturated heterocycles. The molecule has 19 heavy (non-hydrogen) atoms. The van der Waals surface area contributed by atoms with Crippen molar-refractivity contribution in [1.82, 2.24) is 9.47 Å². The zero-order valence-electron chi connectivity index (χ0n) is 11.3. The van der Waals surface area contributed by atoms with Gasteiger partial charge >= 0.3 is 0 Å². The summed E-state index contributed by atoms with van der Waals surface area (Å²) in [6.45, 7) is 3.84. The molecule has 0 aliphatic carbocycles. The van der Waals surface area contributed by atoms with Crippen molar-refractivity contribution in [3.05, 3.63) is 35.5 Å². The van der Waals surface area contributed by atoms with Gasteiger partial charge in [-0.25, -0.2) is 0 Å². The normalized spacial score (nSPS) is 29.5. The molecule has 2 atom stereocenters. The molecule has 3 aliphatic rings. The molecule has 4 heterocycles. The number of aromatic nitrogens is 1. The van der Waals surface area contributed by atoms with Crippen molar-refractivity contribution in [3.8, 4) is 0 Å². The third-order valence-electron chi connectivity index (χ3n) is 5.63. The average molecular weight is 252 g/mol. The SMILES string of the molecule is c1ccc2c(c1)c1c3n2CC[C@H]2CCCN(CC1)[C@H]32. The topological polar surface area (TPSA) is 8.17 Å². The maximum atomic E-state index is 2.77. The lowest BCUT2D eigenvalue weighted by atomic mass is 9.79. The number of benzene rings is 1. The molecule has 0 radical (unpaired) electrons. The van der Waals surface area contributed by atoms with Gasteiger partial charge in [-0.1, -0.05) is 18.2 Å². The van der Waals surface area contributed by atoms with Crippen LogP contribution in [0.15, 0.2) is 24.3 Å². The van der Waals surface area contributed by atoms with Crippen molar-refractivity contribution in [3.63, 3.8) is 0 Å². The molecular formula is C17H20N2. The van der Waals surface area contributed by atoms with E-state index in [2.05, 4.69) is 33.7 Å². The van der Waals surface area contributed by atoms with Crippen molar-refractivity contribution in [1.29, 1.82) is 0 Å². The molecule has 1 fully saturated rings. The minimum Gasteiger partial charge on any atom is -0.343 e. The van der Waals surface area contributed by atoms with Gasteiger partial charge < -0.3 is 4.57 Å². The van der Waals surface area contributed by atoms with Crippen LogP contribution in [-0.4, -0.2) is 22.6 Å². The van der Waals surface area contributed by atoms with E-state index in [1.807, 2.05) is 0 Å². The summed E-state index contributed by atoms with van der Waals surface area (Å²) < 4.78 is 2.64.